The topological polar surface area (TPSA) is 143 Å². The zero-order chi connectivity index (χ0) is 20.4. The number of nitrogens with one attached hydrogen (secondary N) is 1. The van der Waals surface area contributed by atoms with Crippen molar-refractivity contribution in [2.24, 2.45) is 5.73 Å². The monoisotopic (exact) mass is 411 g/mol. The van der Waals surface area contributed by atoms with Crippen molar-refractivity contribution in [1.29, 1.82) is 0 Å². The fourth-order valence-corrected chi connectivity index (χ4v) is 3.86. The Morgan fingerprint density at radius 2 is 2.17 bits per heavy atom. The Bertz CT molecular complexity index is 1010. The molecule has 1 amide bonds. The van der Waals surface area contributed by atoms with Crippen LogP contribution in [0.5, 0.6) is 0 Å². The van der Waals surface area contributed by atoms with Crippen molar-refractivity contribution in [1.82, 2.24) is 15.0 Å². The number of rotatable bonds is 4. The molecule has 4 rings (SSSR count). The maximum Gasteiger partial charge on any atom is 0.276 e. The van der Waals surface area contributed by atoms with Crippen LogP contribution in [0.25, 0.3) is 10.7 Å². The third-order valence-electron chi connectivity index (χ3n) is 4.80. The van der Waals surface area contributed by atoms with Crippen LogP contribution in [0.3, 0.4) is 0 Å². The van der Waals surface area contributed by atoms with Crippen molar-refractivity contribution in [3.05, 3.63) is 47.9 Å². The lowest BCUT2D eigenvalue weighted by molar-refractivity contribution is 0.102. The average Bonchev–Trinajstić information content (AvgIpc) is 3.26. The van der Waals surface area contributed by atoms with Crippen molar-refractivity contribution >= 4 is 34.3 Å². The molecule has 0 saturated carbocycles. The molecule has 0 spiro atoms. The number of piperidine rings is 1. The number of hydrogen-bond donors (Lipinski definition) is 4. The lowest BCUT2D eigenvalue weighted by atomic mass is 10.0. The van der Waals surface area contributed by atoms with Crippen LogP contribution in [0.4, 0.5) is 17.1 Å². The Morgan fingerprint density at radius 3 is 2.93 bits per heavy atom. The van der Waals surface area contributed by atoms with E-state index in [2.05, 4.69) is 20.3 Å². The standard InChI is InChI=1S/C19H21N7O2S/c20-11-1-2-13(19-23-6-8-29-19)24-17(11)18(28)25-14-9-22-5-3-15(14)26-7-4-16(27)12(21)10-26/h1-3,5-6,8-9,12,16,27H,4,7,10,20-21H2,(H,25,28). The van der Waals surface area contributed by atoms with Crippen LogP contribution in [0.2, 0.25) is 0 Å². The summed E-state index contributed by atoms with van der Waals surface area (Å²) in [6.45, 7) is 1.11. The molecule has 6 N–H and O–H groups in total. The van der Waals surface area contributed by atoms with Crippen molar-refractivity contribution < 1.29 is 9.90 Å². The molecule has 0 aliphatic carbocycles. The predicted octanol–water partition coefficient (Wildman–Crippen LogP) is 1.33. The minimum Gasteiger partial charge on any atom is -0.397 e. The van der Waals surface area contributed by atoms with E-state index in [-0.39, 0.29) is 17.4 Å². The van der Waals surface area contributed by atoms with Gasteiger partial charge in [0, 0.05) is 36.9 Å². The second-order valence-corrected chi connectivity index (χ2v) is 7.68. The number of anilines is 3. The first-order chi connectivity index (χ1) is 14.0. The summed E-state index contributed by atoms with van der Waals surface area (Å²) in [6.07, 6.45) is 4.94. The summed E-state index contributed by atoms with van der Waals surface area (Å²) in [5.41, 5.74) is 14.3. The fraction of sp³-hybridized carbons (Fsp3) is 0.263. The number of amides is 1. The van der Waals surface area contributed by atoms with Gasteiger partial charge in [0.15, 0.2) is 5.69 Å². The fourth-order valence-electron chi connectivity index (χ4n) is 3.25. The largest absolute Gasteiger partial charge is 0.397 e. The van der Waals surface area contributed by atoms with Crippen molar-refractivity contribution in [2.75, 3.05) is 29.0 Å². The minimum atomic E-state index is -0.524. The van der Waals surface area contributed by atoms with Crippen LogP contribution in [0, 0.1) is 0 Å². The van der Waals surface area contributed by atoms with Crippen LogP contribution < -0.4 is 21.7 Å². The number of pyridine rings is 2. The predicted molar refractivity (Wildman–Crippen MR) is 113 cm³/mol. The van der Waals surface area contributed by atoms with Gasteiger partial charge in [-0.25, -0.2) is 9.97 Å². The highest BCUT2D eigenvalue weighted by Gasteiger charge is 2.26. The normalized spacial score (nSPS) is 19.2. The molecule has 2 atom stereocenters. The Kier molecular flexibility index (Phi) is 5.38. The van der Waals surface area contributed by atoms with Gasteiger partial charge in [-0.05, 0) is 24.6 Å². The number of aliphatic hydroxyl groups excluding tert-OH is 1. The first kappa shape index (κ1) is 19.2. The summed E-state index contributed by atoms with van der Waals surface area (Å²) in [6, 6.07) is 4.84. The summed E-state index contributed by atoms with van der Waals surface area (Å²) in [7, 11) is 0. The van der Waals surface area contributed by atoms with Gasteiger partial charge in [-0.2, -0.15) is 0 Å². The van der Waals surface area contributed by atoms with Gasteiger partial charge >= 0.3 is 0 Å². The first-order valence-corrected chi connectivity index (χ1v) is 10.0. The summed E-state index contributed by atoms with van der Waals surface area (Å²) in [5.74, 6) is -0.434. The lowest BCUT2D eigenvalue weighted by Gasteiger charge is -2.36. The van der Waals surface area contributed by atoms with Crippen LogP contribution >= 0.6 is 11.3 Å². The molecule has 1 aliphatic rings. The molecule has 0 radical (unpaired) electrons. The van der Waals surface area contributed by atoms with Gasteiger partial charge in [-0.1, -0.05) is 0 Å². The molecule has 1 aliphatic heterocycles. The van der Waals surface area contributed by atoms with E-state index in [4.69, 9.17) is 11.5 Å². The second kappa shape index (κ2) is 8.11. The third-order valence-corrected chi connectivity index (χ3v) is 5.60. The van der Waals surface area contributed by atoms with E-state index >= 15 is 0 Å². The molecule has 10 heteroatoms. The Balaban J connectivity index is 1.59. The van der Waals surface area contributed by atoms with Gasteiger partial charge in [-0.15, -0.1) is 11.3 Å². The number of hydrogen-bond acceptors (Lipinski definition) is 9. The molecule has 0 bridgehead atoms. The van der Waals surface area contributed by atoms with Crippen LogP contribution in [-0.2, 0) is 0 Å². The number of nitrogen functional groups attached to an aromatic ring is 1. The number of aromatic nitrogens is 3. The van der Waals surface area contributed by atoms with Crippen molar-refractivity contribution in [3.8, 4) is 10.7 Å². The van der Waals surface area contributed by atoms with Crippen molar-refractivity contribution in [3.63, 3.8) is 0 Å². The van der Waals surface area contributed by atoms with E-state index < -0.39 is 12.0 Å². The molecule has 29 heavy (non-hydrogen) atoms. The zero-order valence-corrected chi connectivity index (χ0v) is 16.3. The molecule has 9 nitrogen and oxygen atoms in total. The quantitative estimate of drug-likeness (QED) is 0.503. The minimum absolute atomic E-state index is 0.123. The molecule has 150 valence electrons. The molecule has 3 aromatic heterocycles. The molecule has 1 saturated heterocycles. The van der Waals surface area contributed by atoms with E-state index in [9.17, 15) is 9.90 Å². The van der Waals surface area contributed by atoms with E-state index in [0.717, 1.165) is 5.69 Å². The van der Waals surface area contributed by atoms with Gasteiger partial charge < -0.3 is 26.8 Å². The third kappa shape index (κ3) is 4.04. The van der Waals surface area contributed by atoms with Crippen LogP contribution in [-0.4, -0.2) is 51.2 Å². The van der Waals surface area contributed by atoms with Crippen LogP contribution in [0.15, 0.2) is 42.2 Å². The highest BCUT2D eigenvalue weighted by molar-refractivity contribution is 7.13. The van der Waals surface area contributed by atoms with Gasteiger partial charge in [-0.3, -0.25) is 9.78 Å². The number of aliphatic hydroxyl groups is 1. The van der Waals surface area contributed by atoms with E-state index in [1.54, 1.807) is 30.7 Å². The maximum absolute atomic E-state index is 12.9. The van der Waals surface area contributed by atoms with E-state index in [0.29, 0.717) is 35.9 Å². The highest BCUT2D eigenvalue weighted by atomic mass is 32.1. The Labute approximate surface area is 171 Å². The SMILES string of the molecule is Nc1ccc(-c2nccs2)nc1C(=O)Nc1cnccc1N1CCC(O)C(N)C1. The molecule has 1 fully saturated rings. The lowest BCUT2D eigenvalue weighted by Crippen LogP contribution is -2.51. The van der Waals surface area contributed by atoms with Gasteiger partial charge in [0.05, 0.1) is 35.1 Å². The summed E-state index contributed by atoms with van der Waals surface area (Å²) < 4.78 is 0. The number of nitrogens with two attached hydrogens (primary N) is 2. The summed E-state index contributed by atoms with van der Waals surface area (Å²) >= 11 is 1.43. The van der Waals surface area contributed by atoms with E-state index in [1.165, 1.54) is 11.3 Å². The molecule has 0 aromatic carbocycles. The van der Waals surface area contributed by atoms with Gasteiger partial charge in [0.1, 0.15) is 5.01 Å². The molecule has 3 aromatic rings. The first-order valence-electron chi connectivity index (χ1n) is 9.13. The number of thiazole rings is 1. The number of nitrogens with zero attached hydrogens (tertiary/aromatic N) is 4. The summed E-state index contributed by atoms with van der Waals surface area (Å²) in [5, 5.41) is 15.3. The van der Waals surface area contributed by atoms with Crippen molar-refractivity contribution in [2.45, 2.75) is 18.6 Å². The zero-order valence-electron chi connectivity index (χ0n) is 15.5. The Morgan fingerprint density at radius 1 is 1.31 bits per heavy atom. The number of carbonyl (C=O) groups excluding carboxylic acids is 1. The molecule has 4 heterocycles. The second-order valence-electron chi connectivity index (χ2n) is 6.78. The Hall–Kier alpha value is -3.08. The molecule has 2 unspecified atom stereocenters. The van der Waals surface area contributed by atoms with Gasteiger partial charge in [0.2, 0.25) is 0 Å². The molecular weight excluding hydrogens is 390 g/mol. The number of carbonyl (C=O) groups is 1. The maximum atomic E-state index is 12.9. The van der Waals surface area contributed by atoms with Gasteiger partial charge in [0.25, 0.3) is 5.91 Å². The highest BCUT2D eigenvalue weighted by Crippen LogP contribution is 2.28. The van der Waals surface area contributed by atoms with Crippen LogP contribution in [0.1, 0.15) is 16.9 Å². The average molecular weight is 411 g/mol. The summed E-state index contributed by atoms with van der Waals surface area (Å²) in [4.78, 5) is 27.7. The van der Waals surface area contributed by atoms with E-state index in [1.807, 2.05) is 16.3 Å². The molecular formula is C19H21N7O2S. The smallest absolute Gasteiger partial charge is 0.276 e.